The van der Waals surface area contributed by atoms with Gasteiger partial charge in [0.2, 0.25) is 12.3 Å². The molecule has 4 atom stereocenters. The third-order valence-electron chi connectivity index (χ3n) is 5.58. The van der Waals surface area contributed by atoms with Crippen LogP contribution in [0.2, 0.25) is 0 Å². The summed E-state index contributed by atoms with van der Waals surface area (Å²) in [6.07, 6.45) is 0.836. The van der Waals surface area contributed by atoms with E-state index in [9.17, 15) is 24.6 Å². The lowest BCUT2D eigenvalue weighted by Crippen LogP contribution is -2.47. The van der Waals surface area contributed by atoms with E-state index in [4.69, 9.17) is 14.2 Å². The quantitative estimate of drug-likeness (QED) is 0.0400. The molecule has 4 unspecified atom stereocenters. The number of methoxy groups -OCH3 is 1. The van der Waals surface area contributed by atoms with Gasteiger partial charge in [0.05, 0.1) is 18.8 Å². The van der Waals surface area contributed by atoms with Crippen molar-refractivity contribution in [2.24, 2.45) is 5.92 Å². The molecule has 0 spiro atoms. The van der Waals surface area contributed by atoms with Crippen LogP contribution in [0, 0.1) is 5.92 Å². The summed E-state index contributed by atoms with van der Waals surface area (Å²) in [5.74, 6) is 0.136. The summed E-state index contributed by atoms with van der Waals surface area (Å²) >= 11 is 3.77. The van der Waals surface area contributed by atoms with Gasteiger partial charge in [-0.25, -0.2) is 4.79 Å². The molecule has 0 aliphatic heterocycles. The van der Waals surface area contributed by atoms with Crippen LogP contribution in [0.3, 0.4) is 0 Å². The molecule has 0 aromatic heterocycles. The van der Waals surface area contributed by atoms with Crippen molar-refractivity contribution < 1.29 is 38.8 Å². The number of benzene rings is 1. The first kappa shape index (κ1) is 37.8. The van der Waals surface area contributed by atoms with E-state index in [1.54, 1.807) is 25.2 Å². The van der Waals surface area contributed by atoms with Crippen molar-refractivity contribution in [1.29, 1.82) is 0 Å². The topological polar surface area (TPSA) is 155 Å². The second-order valence-corrected chi connectivity index (χ2v) is 10.6. The van der Waals surface area contributed by atoms with Crippen LogP contribution in [0.15, 0.2) is 18.2 Å². The van der Waals surface area contributed by atoms with Crippen molar-refractivity contribution in [1.82, 2.24) is 16.0 Å². The van der Waals surface area contributed by atoms with Crippen LogP contribution in [0.4, 0.5) is 0 Å². The van der Waals surface area contributed by atoms with Crippen molar-refractivity contribution in [3.63, 3.8) is 0 Å². The Kier molecular flexibility index (Phi) is 19.5. The molecule has 1 aromatic carbocycles. The first-order chi connectivity index (χ1) is 18.8. The Balaban J connectivity index is 0.00000277. The van der Waals surface area contributed by atoms with Crippen molar-refractivity contribution >= 4 is 30.8 Å². The molecule has 1 amide bonds. The fourth-order valence-electron chi connectivity index (χ4n) is 3.28. The van der Waals surface area contributed by atoms with E-state index < -0.39 is 30.1 Å². The highest BCUT2D eigenvalue weighted by molar-refractivity contribution is 7.80. The van der Waals surface area contributed by atoms with Gasteiger partial charge in [0.25, 0.3) is 0 Å². The van der Waals surface area contributed by atoms with Crippen molar-refractivity contribution in [3.05, 3.63) is 23.8 Å². The van der Waals surface area contributed by atoms with Crippen LogP contribution in [0.25, 0.3) is 0 Å². The number of likely N-dealkylation sites (N-methyl/N-ethyl adjacent to an activating group) is 1. The Hall–Kier alpha value is -2.22. The first-order valence-corrected chi connectivity index (χ1v) is 14.1. The molecule has 1 rings (SSSR count). The molecule has 0 saturated heterocycles. The van der Waals surface area contributed by atoms with Gasteiger partial charge < -0.3 is 39.9 Å². The standard InChI is InChI=1S/C25H43N3O7.C3H6OS/c1-8-16(2)22(28-21(30)10-9-13-27-24(32)35-25(3,4)5)23(31)34-19-12-11-17(14-20(19)33-7)18(29)15-26-6;4-2-1-3-5/h11-12,14,16,18,22,24,26-27,29,32H,8-10,13,15H2,1-7H3,(H,28,30);2,5H,1,3H2. The van der Waals surface area contributed by atoms with Gasteiger partial charge in [0.15, 0.2) is 11.5 Å². The minimum absolute atomic E-state index is 0.158. The lowest BCUT2D eigenvalue weighted by Gasteiger charge is -2.24. The average molecular weight is 588 g/mol. The Morgan fingerprint density at radius 3 is 2.35 bits per heavy atom. The summed E-state index contributed by atoms with van der Waals surface area (Å²) in [5.41, 5.74) is 0.123. The highest BCUT2D eigenvalue weighted by atomic mass is 32.1. The maximum absolute atomic E-state index is 13.0. The van der Waals surface area contributed by atoms with Gasteiger partial charge in [0.1, 0.15) is 12.3 Å². The maximum atomic E-state index is 13.0. The van der Waals surface area contributed by atoms with Crippen LogP contribution >= 0.6 is 12.6 Å². The summed E-state index contributed by atoms with van der Waals surface area (Å²) in [4.78, 5) is 34.8. The van der Waals surface area contributed by atoms with Crippen LogP contribution in [-0.4, -0.2) is 79.4 Å². The van der Waals surface area contributed by atoms with Gasteiger partial charge in [-0.3, -0.25) is 10.1 Å². The molecule has 0 aliphatic carbocycles. The number of aliphatic hydroxyl groups excluding tert-OH is 2. The lowest BCUT2D eigenvalue weighted by molar-refractivity contribution is -0.181. The minimum atomic E-state index is -1.12. The number of aldehydes is 1. The number of ether oxygens (including phenoxy) is 3. The van der Waals surface area contributed by atoms with E-state index >= 15 is 0 Å². The second-order valence-electron chi connectivity index (χ2n) is 10.2. The number of rotatable bonds is 17. The molecular formula is C28H49N3O8S. The number of thiol groups is 1. The fourth-order valence-corrected chi connectivity index (χ4v) is 3.38. The molecule has 0 heterocycles. The van der Waals surface area contributed by atoms with E-state index in [1.165, 1.54) is 7.11 Å². The van der Waals surface area contributed by atoms with E-state index in [1.807, 2.05) is 34.6 Å². The van der Waals surface area contributed by atoms with Crippen molar-refractivity contribution in [3.8, 4) is 11.5 Å². The molecule has 11 nitrogen and oxygen atoms in total. The molecule has 0 aliphatic rings. The molecule has 1 aromatic rings. The lowest BCUT2D eigenvalue weighted by atomic mass is 9.99. The zero-order chi connectivity index (χ0) is 30.7. The molecule has 40 heavy (non-hydrogen) atoms. The summed E-state index contributed by atoms with van der Waals surface area (Å²) in [5, 5.41) is 28.4. The fraction of sp³-hybridized carbons (Fsp3) is 0.679. The Morgan fingerprint density at radius 2 is 1.85 bits per heavy atom. The Labute approximate surface area is 244 Å². The predicted octanol–water partition coefficient (Wildman–Crippen LogP) is 2.35. The summed E-state index contributed by atoms with van der Waals surface area (Å²) in [6.45, 7) is 10.0. The number of esters is 1. The highest BCUT2D eigenvalue weighted by Crippen LogP contribution is 2.31. The van der Waals surface area contributed by atoms with Gasteiger partial charge in [0, 0.05) is 25.9 Å². The van der Waals surface area contributed by atoms with Gasteiger partial charge in [-0.15, -0.1) is 0 Å². The zero-order valence-electron chi connectivity index (χ0n) is 24.9. The van der Waals surface area contributed by atoms with E-state index in [0.717, 1.165) is 6.29 Å². The number of aliphatic hydroxyl groups is 2. The summed E-state index contributed by atoms with van der Waals surface area (Å²) in [7, 11) is 3.19. The minimum Gasteiger partial charge on any atom is -0.493 e. The van der Waals surface area contributed by atoms with E-state index in [-0.39, 0.29) is 24.0 Å². The molecule has 0 radical (unpaired) electrons. The Morgan fingerprint density at radius 1 is 1.18 bits per heavy atom. The van der Waals surface area contributed by atoms with Crippen molar-refractivity contribution in [2.75, 3.05) is 33.0 Å². The SMILES string of the molecule is CCC(C)C(NC(=O)CCCNC(O)OC(C)(C)C)C(=O)Oc1ccc(C(O)CNC)cc1OC.O=CCCS. The predicted molar refractivity (Wildman–Crippen MR) is 158 cm³/mol. The normalized spacial score (nSPS) is 14.2. The number of amides is 1. The number of hydrogen-bond acceptors (Lipinski definition) is 11. The first-order valence-electron chi connectivity index (χ1n) is 13.5. The van der Waals surface area contributed by atoms with Gasteiger partial charge >= 0.3 is 5.97 Å². The van der Waals surface area contributed by atoms with Crippen LogP contribution in [-0.2, 0) is 19.1 Å². The van der Waals surface area contributed by atoms with Gasteiger partial charge in [-0.05, 0) is 63.6 Å². The number of nitrogens with one attached hydrogen (secondary N) is 3. The summed E-state index contributed by atoms with van der Waals surface area (Å²) in [6, 6.07) is 4.01. The molecular weight excluding hydrogens is 538 g/mol. The van der Waals surface area contributed by atoms with Crippen LogP contribution < -0.4 is 25.4 Å². The van der Waals surface area contributed by atoms with E-state index in [2.05, 4.69) is 28.6 Å². The van der Waals surface area contributed by atoms with Gasteiger partial charge in [-0.2, -0.15) is 12.6 Å². The van der Waals surface area contributed by atoms with Crippen LogP contribution in [0.5, 0.6) is 11.5 Å². The smallest absolute Gasteiger partial charge is 0.334 e. The maximum Gasteiger partial charge on any atom is 0.334 e. The molecule has 0 bridgehead atoms. The van der Waals surface area contributed by atoms with Crippen molar-refractivity contribution in [2.45, 2.75) is 84.5 Å². The largest absolute Gasteiger partial charge is 0.493 e. The monoisotopic (exact) mass is 587 g/mol. The number of carbonyl (C=O) groups excluding carboxylic acids is 3. The molecule has 5 N–H and O–H groups in total. The van der Waals surface area contributed by atoms with Crippen LogP contribution in [0.1, 0.15) is 72.0 Å². The molecule has 230 valence electrons. The number of carbonyl (C=O) groups is 3. The third kappa shape index (κ3) is 16.1. The summed E-state index contributed by atoms with van der Waals surface area (Å²) < 4.78 is 16.3. The van der Waals surface area contributed by atoms with E-state index in [0.29, 0.717) is 49.4 Å². The molecule has 0 fully saturated rings. The van der Waals surface area contributed by atoms with Gasteiger partial charge in [-0.1, -0.05) is 26.3 Å². The average Bonchev–Trinajstić information content (AvgIpc) is 2.89. The number of hydrogen-bond donors (Lipinski definition) is 6. The molecule has 12 heteroatoms. The second kappa shape index (κ2) is 20.6. The molecule has 0 saturated carbocycles. The highest BCUT2D eigenvalue weighted by Gasteiger charge is 2.28. The Bertz CT molecular complexity index is 882. The zero-order valence-corrected chi connectivity index (χ0v) is 25.8. The third-order valence-corrected chi connectivity index (χ3v) is 5.83.